The third kappa shape index (κ3) is 3.33. The molecule has 1 saturated heterocycles. The van der Waals surface area contributed by atoms with Gasteiger partial charge in [0.1, 0.15) is 12.2 Å². The first-order chi connectivity index (χ1) is 11.7. The molecule has 0 spiro atoms. The monoisotopic (exact) mass is 328 g/mol. The maximum atomic E-state index is 12.8. The van der Waals surface area contributed by atoms with Crippen LogP contribution >= 0.6 is 0 Å². The second-order valence-corrected chi connectivity index (χ2v) is 6.10. The molecular formula is C18H24N4O2. The zero-order valence-corrected chi connectivity index (χ0v) is 14.3. The first kappa shape index (κ1) is 16.6. The molecule has 2 aromatic rings. The second kappa shape index (κ2) is 7.57. The maximum absolute atomic E-state index is 12.8. The smallest absolute Gasteiger partial charge is 0.256 e. The fourth-order valence-electron chi connectivity index (χ4n) is 3.35. The highest BCUT2D eigenvalue weighted by molar-refractivity contribution is 5.82. The minimum Gasteiger partial charge on any atom is -0.367 e. The Morgan fingerprint density at radius 3 is 2.62 bits per heavy atom. The number of hydrogen-bond donors (Lipinski definition) is 0. The SMILES string of the molecule is CCn1cnnc1C1CCN(C(=O)C(OC)c2ccccc2)CC1. The van der Waals surface area contributed by atoms with Gasteiger partial charge in [0, 0.05) is 32.7 Å². The van der Waals surface area contributed by atoms with Crippen LogP contribution in [0, 0.1) is 0 Å². The van der Waals surface area contributed by atoms with Gasteiger partial charge in [0.05, 0.1) is 0 Å². The van der Waals surface area contributed by atoms with Crippen molar-refractivity contribution >= 4 is 5.91 Å². The van der Waals surface area contributed by atoms with Gasteiger partial charge in [-0.05, 0) is 25.3 Å². The zero-order chi connectivity index (χ0) is 16.9. The van der Waals surface area contributed by atoms with E-state index in [9.17, 15) is 4.79 Å². The van der Waals surface area contributed by atoms with Crippen molar-refractivity contribution < 1.29 is 9.53 Å². The molecule has 1 atom stereocenters. The van der Waals surface area contributed by atoms with Crippen molar-refractivity contribution in [1.29, 1.82) is 0 Å². The van der Waals surface area contributed by atoms with E-state index in [4.69, 9.17) is 4.74 Å². The summed E-state index contributed by atoms with van der Waals surface area (Å²) >= 11 is 0. The lowest BCUT2D eigenvalue weighted by Crippen LogP contribution is -2.41. The Hall–Kier alpha value is -2.21. The summed E-state index contributed by atoms with van der Waals surface area (Å²) in [6.45, 7) is 4.43. The minimum atomic E-state index is -0.526. The lowest BCUT2D eigenvalue weighted by molar-refractivity contribution is -0.143. The lowest BCUT2D eigenvalue weighted by atomic mass is 9.95. The Kier molecular flexibility index (Phi) is 5.25. The van der Waals surface area contributed by atoms with Crippen LogP contribution in [0.15, 0.2) is 36.7 Å². The zero-order valence-electron chi connectivity index (χ0n) is 14.3. The van der Waals surface area contributed by atoms with Gasteiger partial charge in [0.15, 0.2) is 6.10 Å². The summed E-state index contributed by atoms with van der Waals surface area (Å²) in [5, 5.41) is 8.28. The molecule has 128 valence electrons. The van der Waals surface area contributed by atoms with Crippen molar-refractivity contribution in [2.45, 2.75) is 38.3 Å². The molecule has 1 aliphatic heterocycles. The number of carbonyl (C=O) groups is 1. The summed E-state index contributed by atoms with van der Waals surface area (Å²) in [6, 6.07) is 9.66. The number of hydrogen-bond acceptors (Lipinski definition) is 4. The van der Waals surface area contributed by atoms with Crippen molar-refractivity contribution in [3.05, 3.63) is 48.0 Å². The number of carbonyl (C=O) groups excluding carboxylic acids is 1. The van der Waals surface area contributed by atoms with E-state index in [1.807, 2.05) is 35.2 Å². The highest BCUT2D eigenvalue weighted by Crippen LogP contribution is 2.29. The van der Waals surface area contributed by atoms with Gasteiger partial charge in [0.25, 0.3) is 5.91 Å². The molecule has 1 fully saturated rings. The number of benzene rings is 1. The van der Waals surface area contributed by atoms with Crippen LogP contribution in [-0.4, -0.2) is 45.8 Å². The number of aryl methyl sites for hydroxylation is 1. The lowest BCUT2D eigenvalue weighted by Gasteiger charge is -2.33. The Balaban J connectivity index is 1.64. The first-order valence-electron chi connectivity index (χ1n) is 8.48. The van der Waals surface area contributed by atoms with E-state index >= 15 is 0 Å². The molecule has 1 amide bonds. The normalized spacial score (nSPS) is 17.0. The van der Waals surface area contributed by atoms with Gasteiger partial charge in [-0.25, -0.2) is 0 Å². The number of amides is 1. The van der Waals surface area contributed by atoms with Gasteiger partial charge in [-0.3, -0.25) is 4.79 Å². The van der Waals surface area contributed by atoms with Crippen molar-refractivity contribution in [3.8, 4) is 0 Å². The number of piperidine rings is 1. The average Bonchev–Trinajstić information content (AvgIpc) is 3.12. The molecular weight excluding hydrogens is 304 g/mol. The van der Waals surface area contributed by atoms with Gasteiger partial charge in [-0.15, -0.1) is 10.2 Å². The Bertz CT molecular complexity index is 663. The molecule has 1 unspecified atom stereocenters. The van der Waals surface area contributed by atoms with Crippen LogP contribution in [0.2, 0.25) is 0 Å². The summed E-state index contributed by atoms with van der Waals surface area (Å²) in [5.74, 6) is 1.45. The predicted octanol–water partition coefficient (Wildman–Crippen LogP) is 2.39. The molecule has 1 aromatic carbocycles. The molecule has 0 bridgehead atoms. The van der Waals surface area contributed by atoms with Crippen molar-refractivity contribution in [1.82, 2.24) is 19.7 Å². The van der Waals surface area contributed by atoms with E-state index in [-0.39, 0.29) is 5.91 Å². The average molecular weight is 328 g/mol. The number of rotatable bonds is 5. The number of aromatic nitrogens is 3. The first-order valence-corrected chi connectivity index (χ1v) is 8.48. The Labute approximate surface area is 142 Å². The van der Waals surface area contributed by atoms with Gasteiger partial charge in [0.2, 0.25) is 0 Å². The highest BCUT2D eigenvalue weighted by atomic mass is 16.5. The summed E-state index contributed by atoms with van der Waals surface area (Å²) in [6.07, 6.45) is 3.08. The number of methoxy groups -OCH3 is 1. The quantitative estimate of drug-likeness (QED) is 0.845. The molecule has 0 aliphatic carbocycles. The van der Waals surface area contributed by atoms with Crippen molar-refractivity contribution in [2.24, 2.45) is 0 Å². The Morgan fingerprint density at radius 2 is 2.00 bits per heavy atom. The summed E-state index contributed by atoms with van der Waals surface area (Å²) < 4.78 is 7.56. The Morgan fingerprint density at radius 1 is 1.29 bits per heavy atom. The van der Waals surface area contributed by atoms with Gasteiger partial charge < -0.3 is 14.2 Å². The van der Waals surface area contributed by atoms with Crippen LogP contribution in [0.5, 0.6) is 0 Å². The fraction of sp³-hybridized carbons (Fsp3) is 0.500. The number of ether oxygens (including phenoxy) is 1. The predicted molar refractivity (Wildman–Crippen MR) is 90.4 cm³/mol. The van der Waals surface area contributed by atoms with Gasteiger partial charge >= 0.3 is 0 Å². The van der Waals surface area contributed by atoms with Crippen LogP contribution in [0.4, 0.5) is 0 Å². The number of likely N-dealkylation sites (tertiary alicyclic amines) is 1. The van der Waals surface area contributed by atoms with E-state index in [1.165, 1.54) is 0 Å². The highest BCUT2D eigenvalue weighted by Gasteiger charge is 2.31. The summed E-state index contributed by atoms with van der Waals surface area (Å²) in [5.41, 5.74) is 0.901. The molecule has 6 heteroatoms. The maximum Gasteiger partial charge on any atom is 0.256 e. The van der Waals surface area contributed by atoms with Crippen LogP contribution in [-0.2, 0) is 16.1 Å². The fourth-order valence-corrected chi connectivity index (χ4v) is 3.35. The molecule has 6 nitrogen and oxygen atoms in total. The van der Waals surface area contributed by atoms with E-state index in [0.29, 0.717) is 5.92 Å². The summed E-state index contributed by atoms with van der Waals surface area (Å²) in [7, 11) is 1.59. The minimum absolute atomic E-state index is 0.0408. The number of nitrogens with zero attached hydrogens (tertiary/aromatic N) is 4. The third-order valence-electron chi connectivity index (χ3n) is 4.72. The van der Waals surface area contributed by atoms with E-state index in [2.05, 4.69) is 21.7 Å². The topological polar surface area (TPSA) is 60.2 Å². The molecule has 1 aromatic heterocycles. The standard InChI is InChI=1S/C18H24N4O2/c1-3-21-13-19-20-17(21)15-9-11-22(12-10-15)18(23)16(24-2)14-7-5-4-6-8-14/h4-8,13,15-16H,3,9-12H2,1-2H3. The molecule has 0 saturated carbocycles. The van der Waals surface area contributed by atoms with E-state index in [0.717, 1.165) is 43.9 Å². The second-order valence-electron chi connectivity index (χ2n) is 6.10. The summed E-state index contributed by atoms with van der Waals surface area (Å²) in [4.78, 5) is 14.7. The van der Waals surface area contributed by atoms with Crippen molar-refractivity contribution in [2.75, 3.05) is 20.2 Å². The van der Waals surface area contributed by atoms with Crippen LogP contribution in [0.1, 0.15) is 43.2 Å². The van der Waals surface area contributed by atoms with Crippen molar-refractivity contribution in [3.63, 3.8) is 0 Å². The molecule has 0 radical (unpaired) electrons. The molecule has 24 heavy (non-hydrogen) atoms. The molecule has 1 aliphatic rings. The molecule has 2 heterocycles. The van der Waals surface area contributed by atoms with Gasteiger partial charge in [-0.2, -0.15) is 0 Å². The van der Waals surface area contributed by atoms with Crippen LogP contribution in [0.25, 0.3) is 0 Å². The van der Waals surface area contributed by atoms with Gasteiger partial charge in [-0.1, -0.05) is 30.3 Å². The molecule has 3 rings (SSSR count). The van der Waals surface area contributed by atoms with E-state index < -0.39 is 6.10 Å². The van der Waals surface area contributed by atoms with Crippen LogP contribution < -0.4 is 0 Å². The van der Waals surface area contributed by atoms with Crippen LogP contribution in [0.3, 0.4) is 0 Å². The largest absolute Gasteiger partial charge is 0.367 e. The third-order valence-corrected chi connectivity index (χ3v) is 4.72. The van der Waals surface area contributed by atoms with E-state index in [1.54, 1.807) is 13.4 Å². The molecule has 0 N–H and O–H groups in total.